The third kappa shape index (κ3) is 3.54. The number of aliphatic hydroxyl groups excluding tert-OH is 1. The monoisotopic (exact) mass is 280 g/mol. The maximum Gasteiger partial charge on any atom is 0.226 e. The molecule has 2 rings (SSSR count). The zero-order chi connectivity index (χ0) is 13.7. The van der Waals surface area contributed by atoms with Crippen molar-refractivity contribution in [2.24, 2.45) is 0 Å². The highest BCUT2D eigenvalue weighted by molar-refractivity contribution is 7.16. The molecule has 0 spiro atoms. The van der Waals surface area contributed by atoms with Gasteiger partial charge >= 0.3 is 0 Å². The molecular weight excluding hydrogens is 260 g/mol. The Morgan fingerprint density at radius 1 is 1.42 bits per heavy atom. The van der Waals surface area contributed by atoms with E-state index in [2.05, 4.69) is 27.5 Å². The standard InChI is InChI=1S/C13H20N4OS/c1-3-14-13-16-11(15-9(2)5-4-7-18)10-6-8-19-12(10)17-13/h6,8-9,18H,3-5,7H2,1-2H3,(H2,14,15,16,17). The Kier molecular flexibility index (Phi) is 4.93. The van der Waals surface area contributed by atoms with E-state index < -0.39 is 0 Å². The molecule has 6 heteroatoms. The van der Waals surface area contributed by atoms with Gasteiger partial charge in [0, 0.05) is 19.2 Å². The molecule has 0 saturated heterocycles. The van der Waals surface area contributed by atoms with Crippen LogP contribution in [0, 0.1) is 0 Å². The van der Waals surface area contributed by atoms with Gasteiger partial charge in [-0.1, -0.05) is 0 Å². The maximum absolute atomic E-state index is 8.87. The maximum atomic E-state index is 8.87. The lowest BCUT2D eigenvalue weighted by atomic mass is 10.2. The predicted molar refractivity (Wildman–Crippen MR) is 81.0 cm³/mol. The summed E-state index contributed by atoms with van der Waals surface area (Å²) in [7, 11) is 0. The number of hydrogen-bond acceptors (Lipinski definition) is 6. The number of rotatable bonds is 7. The average molecular weight is 280 g/mol. The van der Waals surface area contributed by atoms with Crippen LogP contribution >= 0.6 is 11.3 Å². The third-order valence-electron chi connectivity index (χ3n) is 2.84. The van der Waals surface area contributed by atoms with Gasteiger partial charge in [0.1, 0.15) is 10.6 Å². The summed E-state index contributed by atoms with van der Waals surface area (Å²) in [5.41, 5.74) is 0. The molecule has 0 aliphatic heterocycles. The van der Waals surface area contributed by atoms with E-state index in [4.69, 9.17) is 5.11 Å². The van der Waals surface area contributed by atoms with Crippen molar-refractivity contribution in [3.05, 3.63) is 11.4 Å². The molecule has 2 heterocycles. The van der Waals surface area contributed by atoms with Gasteiger partial charge in [-0.2, -0.15) is 4.98 Å². The molecule has 2 aromatic heterocycles. The number of anilines is 2. The number of fused-ring (bicyclic) bond motifs is 1. The van der Waals surface area contributed by atoms with Crippen LogP contribution in [0.1, 0.15) is 26.7 Å². The van der Waals surface area contributed by atoms with E-state index >= 15 is 0 Å². The van der Waals surface area contributed by atoms with Gasteiger partial charge < -0.3 is 15.7 Å². The first-order valence-electron chi connectivity index (χ1n) is 6.61. The largest absolute Gasteiger partial charge is 0.396 e. The quantitative estimate of drug-likeness (QED) is 0.727. The van der Waals surface area contributed by atoms with Gasteiger partial charge in [-0.3, -0.25) is 0 Å². The number of aliphatic hydroxyl groups is 1. The van der Waals surface area contributed by atoms with Gasteiger partial charge in [-0.05, 0) is 38.1 Å². The number of hydrogen-bond donors (Lipinski definition) is 3. The Hall–Kier alpha value is -1.40. The minimum Gasteiger partial charge on any atom is -0.396 e. The molecule has 0 radical (unpaired) electrons. The van der Waals surface area contributed by atoms with Crippen molar-refractivity contribution in [3.8, 4) is 0 Å². The summed E-state index contributed by atoms with van der Waals surface area (Å²) < 4.78 is 0. The molecule has 2 aromatic rings. The van der Waals surface area contributed by atoms with Crippen LogP contribution < -0.4 is 10.6 Å². The van der Waals surface area contributed by atoms with Crippen molar-refractivity contribution in [1.82, 2.24) is 9.97 Å². The SMILES string of the molecule is CCNc1nc(NC(C)CCCO)c2ccsc2n1. The molecule has 0 saturated carbocycles. The molecular formula is C13H20N4OS. The Balaban J connectivity index is 2.21. The zero-order valence-electron chi connectivity index (χ0n) is 11.3. The highest BCUT2D eigenvalue weighted by Crippen LogP contribution is 2.27. The van der Waals surface area contributed by atoms with Crippen molar-refractivity contribution in [2.75, 3.05) is 23.8 Å². The Bertz CT molecular complexity index is 528. The summed E-state index contributed by atoms with van der Waals surface area (Å²) in [4.78, 5) is 9.98. The van der Waals surface area contributed by atoms with Crippen molar-refractivity contribution in [1.29, 1.82) is 0 Å². The number of nitrogens with one attached hydrogen (secondary N) is 2. The van der Waals surface area contributed by atoms with Crippen molar-refractivity contribution >= 4 is 33.3 Å². The summed E-state index contributed by atoms with van der Waals surface area (Å²) in [5, 5.41) is 18.5. The summed E-state index contributed by atoms with van der Waals surface area (Å²) in [6, 6.07) is 2.32. The van der Waals surface area contributed by atoms with Crippen LogP contribution in [0.3, 0.4) is 0 Å². The lowest BCUT2D eigenvalue weighted by Gasteiger charge is -2.15. The molecule has 0 aliphatic rings. The number of aromatic nitrogens is 2. The van der Waals surface area contributed by atoms with Crippen molar-refractivity contribution < 1.29 is 5.11 Å². The Labute approximate surface area is 117 Å². The third-order valence-corrected chi connectivity index (χ3v) is 3.64. The lowest BCUT2D eigenvalue weighted by Crippen LogP contribution is -2.17. The van der Waals surface area contributed by atoms with Crippen LogP contribution in [0.15, 0.2) is 11.4 Å². The van der Waals surface area contributed by atoms with E-state index in [1.54, 1.807) is 11.3 Å². The van der Waals surface area contributed by atoms with E-state index in [9.17, 15) is 0 Å². The van der Waals surface area contributed by atoms with Gasteiger partial charge in [0.05, 0.1) is 5.39 Å². The summed E-state index contributed by atoms with van der Waals surface area (Å²) in [5.74, 6) is 1.53. The van der Waals surface area contributed by atoms with Gasteiger partial charge in [-0.25, -0.2) is 4.98 Å². The van der Waals surface area contributed by atoms with Crippen molar-refractivity contribution in [3.63, 3.8) is 0 Å². The molecule has 5 nitrogen and oxygen atoms in total. The van der Waals surface area contributed by atoms with Crippen LogP contribution in [0.5, 0.6) is 0 Å². The molecule has 0 bridgehead atoms. The van der Waals surface area contributed by atoms with Gasteiger partial charge in [0.25, 0.3) is 0 Å². The molecule has 1 unspecified atom stereocenters. The molecule has 0 aromatic carbocycles. The highest BCUT2D eigenvalue weighted by Gasteiger charge is 2.10. The van der Waals surface area contributed by atoms with Gasteiger partial charge in [0.15, 0.2) is 0 Å². The highest BCUT2D eigenvalue weighted by atomic mass is 32.1. The smallest absolute Gasteiger partial charge is 0.226 e. The van der Waals surface area contributed by atoms with Gasteiger partial charge in [0.2, 0.25) is 5.95 Å². The van der Waals surface area contributed by atoms with Crippen LogP contribution in [0.2, 0.25) is 0 Å². The predicted octanol–water partition coefficient (Wildman–Crippen LogP) is 2.70. The topological polar surface area (TPSA) is 70.1 Å². The fourth-order valence-corrected chi connectivity index (χ4v) is 2.67. The van der Waals surface area contributed by atoms with Gasteiger partial charge in [-0.15, -0.1) is 11.3 Å². The first-order valence-corrected chi connectivity index (χ1v) is 7.49. The normalized spacial score (nSPS) is 12.6. The fourth-order valence-electron chi connectivity index (χ4n) is 1.91. The fraction of sp³-hybridized carbons (Fsp3) is 0.538. The number of nitrogens with zero attached hydrogens (tertiary/aromatic N) is 2. The summed E-state index contributed by atoms with van der Waals surface area (Å²) in [6.45, 7) is 5.16. The molecule has 0 amide bonds. The molecule has 104 valence electrons. The minimum absolute atomic E-state index is 0.228. The average Bonchev–Trinajstić information content (AvgIpc) is 2.85. The minimum atomic E-state index is 0.228. The zero-order valence-corrected chi connectivity index (χ0v) is 12.1. The Morgan fingerprint density at radius 3 is 3.00 bits per heavy atom. The van der Waals surface area contributed by atoms with E-state index in [1.807, 2.05) is 18.4 Å². The van der Waals surface area contributed by atoms with Crippen LogP contribution in [0.4, 0.5) is 11.8 Å². The first kappa shape index (κ1) is 14.0. The van der Waals surface area contributed by atoms with E-state index in [0.29, 0.717) is 5.95 Å². The lowest BCUT2D eigenvalue weighted by molar-refractivity contribution is 0.282. The van der Waals surface area contributed by atoms with Crippen molar-refractivity contribution in [2.45, 2.75) is 32.7 Å². The molecule has 19 heavy (non-hydrogen) atoms. The number of thiophene rings is 1. The molecule has 3 N–H and O–H groups in total. The summed E-state index contributed by atoms with van der Waals surface area (Å²) >= 11 is 1.62. The second kappa shape index (κ2) is 6.68. The second-order valence-corrected chi connectivity index (χ2v) is 5.37. The van der Waals surface area contributed by atoms with Crippen LogP contribution in [-0.2, 0) is 0 Å². The van der Waals surface area contributed by atoms with E-state index in [-0.39, 0.29) is 12.6 Å². The molecule has 0 fully saturated rings. The molecule has 0 aliphatic carbocycles. The van der Waals surface area contributed by atoms with E-state index in [1.165, 1.54) is 0 Å². The first-order chi connectivity index (χ1) is 9.24. The Morgan fingerprint density at radius 2 is 2.26 bits per heavy atom. The molecule has 1 atom stereocenters. The van der Waals surface area contributed by atoms with Crippen LogP contribution in [0.25, 0.3) is 10.2 Å². The summed E-state index contributed by atoms with van der Waals surface area (Å²) in [6.07, 6.45) is 1.72. The van der Waals surface area contributed by atoms with E-state index in [0.717, 1.165) is 35.4 Å². The van der Waals surface area contributed by atoms with Crippen LogP contribution in [-0.4, -0.2) is 34.3 Å². The second-order valence-electron chi connectivity index (χ2n) is 4.48.